The predicted molar refractivity (Wildman–Crippen MR) is 72.3 cm³/mol. The highest BCUT2D eigenvalue weighted by Crippen LogP contribution is 2.18. The fraction of sp³-hybridized carbons (Fsp3) is 0.615. The van der Waals surface area contributed by atoms with Gasteiger partial charge in [0.2, 0.25) is 5.91 Å². The lowest BCUT2D eigenvalue weighted by Gasteiger charge is -2.30. The Hall–Kier alpha value is -0.770. The summed E-state index contributed by atoms with van der Waals surface area (Å²) in [5.74, 6) is 0.946. The molecule has 1 rings (SSSR count). The Balaban J connectivity index is 2.42. The number of aryl methyl sites for hydroxylation is 1. The second-order valence-electron chi connectivity index (χ2n) is 4.25. The van der Waals surface area contributed by atoms with Crippen molar-refractivity contribution >= 4 is 21.8 Å². The van der Waals surface area contributed by atoms with E-state index in [0.717, 1.165) is 23.9 Å². The Morgan fingerprint density at radius 3 is 2.65 bits per heavy atom. The smallest absolute Gasteiger partial charge is 0.220 e. The van der Waals surface area contributed by atoms with Gasteiger partial charge in [0.1, 0.15) is 5.76 Å². The molecule has 0 aliphatic rings. The van der Waals surface area contributed by atoms with Crippen LogP contribution in [0.4, 0.5) is 0 Å². The summed E-state index contributed by atoms with van der Waals surface area (Å²) in [6, 6.07) is 3.73. The van der Waals surface area contributed by atoms with Crippen molar-refractivity contribution in [1.29, 1.82) is 0 Å². The quantitative estimate of drug-likeness (QED) is 0.785. The van der Waals surface area contributed by atoms with Gasteiger partial charge in [0.25, 0.3) is 0 Å². The highest BCUT2D eigenvalue weighted by atomic mass is 79.9. The van der Waals surface area contributed by atoms with Crippen molar-refractivity contribution in [2.24, 2.45) is 0 Å². The molecule has 0 fully saturated rings. The molecule has 0 unspecified atom stereocenters. The van der Waals surface area contributed by atoms with Gasteiger partial charge in [-0.15, -0.1) is 0 Å². The van der Waals surface area contributed by atoms with Crippen LogP contribution in [0.5, 0.6) is 0 Å². The van der Waals surface area contributed by atoms with Gasteiger partial charge in [0, 0.05) is 23.7 Å². The van der Waals surface area contributed by atoms with Gasteiger partial charge < -0.3 is 9.73 Å². The van der Waals surface area contributed by atoms with E-state index < -0.39 is 0 Å². The number of carbonyl (C=O) groups is 1. The summed E-state index contributed by atoms with van der Waals surface area (Å²) in [7, 11) is 0. The third-order valence-corrected chi connectivity index (χ3v) is 4.27. The molecule has 1 amide bonds. The number of furan rings is 1. The van der Waals surface area contributed by atoms with E-state index >= 15 is 0 Å². The molecule has 3 nitrogen and oxygen atoms in total. The van der Waals surface area contributed by atoms with Crippen LogP contribution in [-0.4, -0.2) is 16.8 Å². The molecule has 0 aliphatic heterocycles. The first-order valence-electron chi connectivity index (χ1n) is 6.05. The first-order valence-corrected chi connectivity index (χ1v) is 7.17. The zero-order valence-corrected chi connectivity index (χ0v) is 12.0. The van der Waals surface area contributed by atoms with Crippen LogP contribution in [-0.2, 0) is 11.2 Å². The van der Waals surface area contributed by atoms with Crippen molar-refractivity contribution < 1.29 is 9.21 Å². The lowest BCUT2D eigenvalue weighted by Crippen LogP contribution is -2.49. The molecule has 17 heavy (non-hydrogen) atoms. The molecule has 0 radical (unpaired) electrons. The molecule has 1 N–H and O–H groups in total. The molecular formula is C13H20BrNO2. The molecule has 4 heteroatoms. The van der Waals surface area contributed by atoms with Crippen LogP contribution in [0.25, 0.3) is 0 Å². The fourth-order valence-corrected chi connectivity index (χ4v) is 2.63. The van der Waals surface area contributed by atoms with E-state index in [-0.39, 0.29) is 11.4 Å². The summed E-state index contributed by atoms with van der Waals surface area (Å²) in [6.07, 6.45) is 4.63. The van der Waals surface area contributed by atoms with E-state index in [9.17, 15) is 4.79 Å². The normalized spacial score (nSPS) is 11.5. The summed E-state index contributed by atoms with van der Waals surface area (Å²) in [5, 5.41) is 3.91. The van der Waals surface area contributed by atoms with Crippen molar-refractivity contribution in [3.63, 3.8) is 0 Å². The molecule has 1 aromatic rings. The highest BCUT2D eigenvalue weighted by Gasteiger charge is 2.26. The molecule has 1 heterocycles. The largest absolute Gasteiger partial charge is 0.469 e. The van der Waals surface area contributed by atoms with Crippen LogP contribution in [0.2, 0.25) is 0 Å². The van der Waals surface area contributed by atoms with E-state index in [1.165, 1.54) is 0 Å². The molecule has 0 saturated carbocycles. The fourth-order valence-electron chi connectivity index (χ4n) is 1.70. The van der Waals surface area contributed by atoms with Gasteiger partial charge in [-0.1, -0.05) is 29.8 Å². The van der Waals surface area contributed by atoms with E-state index in [4.69, 9.17) is 4.42 Å². The van der Waals surface area contributed by atoms with E-state index in [0.29, 0.717) is 12.8 Å². The maximum atomic E-state index is 11.9. The van der Waals surface area contributed by atoms with Gasteiger partial charge in [-0.25, -0.2) is 0 Å². The second-order valence-corrected chi connectivity index (χ2v) is 4.81. The molecular weight excluding hydrogens is 282 g/mol. The Bertz CT molecular complexity index is 323. The maximum absolute atomic E-state index is 11.9. The average Bonchev–Trinajstić information content (AvgIpc) is 2.87. The van der Waals surface area contributed by atoms with Gasteiger partial charge in [-0.2, -0.15) is 0 Å². The predicted octanol–water partition coefficient (Wildman–Crippen LogP) is 3.28. The number of rotatable bonds is 7. The van der Waals surface area contributed by atoms with Crippen LogP contribution in [0.1, 0.15) is 38.9 Å². The number of hydrogen-bond donors (Lipinski definition) is 1. The number of carbonyl (C=O) groups excluding carboxylic acids is 1. The molecule has 0 aliphatic carbocycles. The first-order chi connectivity index (χ1) is 8.15. The number of hydrogen-bond acceptors (Lipinski definition) is 2. The molecule has 0 spiro atoms. The number of alkyl halides is 1. The Labute approximate surface area is 111 Å². The summed E-state index contributed by atoms with van der Waals surface area (Å²) in [6.45, 7) is 4.19. The lowest BCUT2D eigenvalue weighted by atomic mass is 9.95. The number of halogens is 1. The average molecular weight is 302 g/mol. The molecule has 0 atom stereocenters. The minimum atomic E-state index is -0.111. The standard InChI is InChI=1S/C13H20BrNO2/c1-3-13(4-2,10-14)15-12(16)8-7-11-6-5-9-17-11/h5-6,9H,3-4,7-8,10H2,1-2H3,(H,15,16). The second kappa shape index (κ2) is 6.84. The van der Waals surface area contributed by atoms with Gasteiger partial charge >= 0.3 is 0 Å². The van der Waals surface area contributed by atoms with E-state index in [1.54, 1.807) is 6.26 Å². The van der Waals surface area contributed by atoms with Crippen molar-refractivity contribution in [1.82, 2.24) is 5.32 Å². The maximum Gasteiger partial charge on any atom is 0.220 e. The molecule has 96 valence electrons. The van der Waals surface area contributed by atoms with Crippen LogP contribution < -0.4 is 5.32 Å². The molecule has 1 aromatic heterocycles. The molecule has 0 aromatic carbocycles. The minimum Gasteiger partial charge on any atom is -0.469 e. The van der Waals surface area contributed by atoms with Crippen LogP contribution in [0, 0.1) is 0 Å². The Kier molecular flexibility index (Phi) is 5.75. The zero-order valence-electron chi connectivity index (χ0n) is 10.5. The Morgan fingerprint density at radius 1 is 1.47 bits per heavy atom. The van der Waals surface area contributed by atoms with Gasteiger partial charge in [-0.05, 0) is 25.0 Å². The van der Waals surface area contributed by atoms with Crippen molar-refractivity contribution in [2.45, 2.75) is 45.1 Å². The monoisotopic (exact) mass is 301 g/mol. The van der Waals surface area contributed by atoms with Gasteiger partial charge in [-0.3, -0.25) is 4.79 Å². The van der Waals surface area contributed by atoms with Crippen molar-refractivity contribution in [2.75, 3.05) is 5.33 Å². The van der Waals surface area contributed by atoms with Crippen LogP contribution in [0.3, 0.4) is 0 Å². The summed E-state index contributed by atoms with van der Waals surface area (Å²) < 4.78 is 5.20. The molecule has 0 bridgehead atoms. The number of amides is 1. The summed E-state index contributed by atoms with van der Waals surface area (Å²) in [4.78, 5) is 11.9. The van der Waals surface area contributed by atoms with Crippen LogP contribution >= 0.6 is 15.9 Å². The minimum absolute atomic E-state index is 0.0875. The zero-order chi connectivity index (χ0) is 12.7. The van der Waals surface area contributed by atoms with Crippen LogP contribution in [0.15, 0.2) is 22.8 Å². The summed E-state index contributed by atoms with van der Waals surface area (Å²) >= 11 is 3.48. The number of nitrogens with one attached hydrogen (secondary N) is 1. The summed E-state index contributed by atoms with van der Waals surface area (Å²) in [5.41, 5.74) is -0.111. The third kappa shape index (κ3) is 4.19. The third-order valence-electron chi connectivity index (χ3n) is 3.19. The van der Waals surface area contributed by atoms with Gasteiger partial charge in [0.05, 0.1) is 6.26 Å². The van der Waals surface area contributed by atoms with E-state index in [2.05, 4.69) is 35.1 Å². The SMILES string of the molecule is CCC(CC)(CBr)NC(=O)CCc1ccco1. The Morgan fingerprint density at radius 2 is 2.18 bits per heavy atom. The first kappa shape index (κ1) is 14.3. The highest BCUT2D eigenvalue weighted by molar-refractivity contribution is 9.09. The topological polar surface area (TPSA) is 42.2 Å². The lowest BCUT2D eigenvalue weighted by molar-refractivity contribution is -0.122. The van der Waals surface area contributed by atoms with E-state index in [1.807, 2.05) is 12.1 Å². The molecule has 0 saturated heterocycles. The van der Waals surface area contributed by atoms with Crippen molar-refractivity contribution in [3.05, 3.63) is 24.2 Å². The van der Waals surface area contributed by atoms with Gasteiger partial charge in [0.15, 0.2) is 0 Å². The van der Waals surface area contributed by atoms with Crippen molar-refractivity contribution in [3.8, 4) is 0 Å².